The number of fused-ring (bicyclic) bond motifs is 1. The third kappa shape index (κ3) is 4.18. The van der Waals surface area contributed by atoms with Gasteiger partial charge in [0.2, 0.25) is 0 Å². The Morgan fingerprint density at radius 1 is 1.05 bits per heavy atom. The highest BCUT2D eigenvalue weighted by Gasteiger charge is 2.10. The Morgan fingerprint density at radius 2 is 1.76 bits per heavy atom. The van der Waals surface area contributed by atoms with Crippen molar-refractivity contribution in [3.8, 4) is 0 Å². The molecule has 0 aliphatic carbocycles. The molecule has 1 aromatic carbocycles. The molecule has 0 amide bonds. The first-order chi connectivity index (χ1) is 10.3. The Morgan fingerprint density at radius 3 is 2.43 bits per heavy atom. The van der Waals surface area contributed by atoms with E-state index in [0.717, 1.165) is 36.2 Å². The predicted octanol–water partition coefficient (Wildman–Crippen LogP) is 4.22. The first-order valence-corrected chi connectivity index (χ1v) is 8.10. The molecule has 0 aliphatic rings. The Balaban J connectivity index is 2.21. The summed E-state index contributed by atoms with van der Waals surface area (Å²) in [6.45, 7) is 7.79. The van der Waals surface area contributed by atoms with Gasteiger partial charge in [0.1, 0.15) is 0 Å². The highest BCUT2D eigenvalue weighted by atomic mass is 15.1. The highest BCUT2D eigenvalue weighted by molar-refractivity contribution is 5.92. The lowest BCUT2D eigenvalue weighted by Crippen LogP contribution is -2.25. The molecule has 21 heavy (non-hydrogen) atoms. The minimum absolute atomic E-state index is 0.815. The minimum atomic E-state index is 0.815. The van der Waals surface area contributed by atoms with Crippen molar-refractivity contribution in [2.45, 2.75) is 46.1 Å². The van der Waals surface area contributed by atoms with Crippen LogP contribution in [0.3, 0.4) is 0 Å². The summed E-state index contributed by atoms with van der Waals surface area (Å²) in [4.78, 5) is 7.10. The molecule has 0 spiro atoms. The molecule has 0 radical (unpaired) electrons. The van der Waals surface area contributed by atoms with Crippen LogP contribution >= 0.6 is 0 Å². The minimum Gasteiger partial charge on any atom is -0.398 e. The van der Waals surface area contributed by atoms with Crippen LogP contribution in [0.5, 0.6) is 0 Å². The zero-order chi connectivity index (χ0) is 15.1. The molecule has 0 atom stereocenters. The van der Waals surface area contributed by atoms with E-state index in [4.69, 9.17) is 5.73 Å². The highest BCUT2D eigenvalue weighted by Crippen LogP contribution is 2.23. The number of rotatable bonds is 8. The van der Waals surface area contributed by atoms with Crippen molar-refractivity contribution in [1.29, 1.82) is 0 Å². The monoisotopic (exact) mass is 285 g/mol. The van der Waals surface area contributed by atoms with E-state index in [1.165, 1.54) is 31.2 Å². The van der Waals surface area contributed by atoms with E-state index in [1.807, 2.05) is 18.3 Å². The third-order valence-electron chi connectivity index (χ3n) is 3.94. The first-order valence-electron chi connectivity index (χ1n) is 8.10. The van der Waals surface area contributed by atoms with E-state index < -0.39 is 0 Å². The van der Waals surface area contributed by atoms with Gasteiger partial charge >= 0.3 is 0 Å². The topological polar surface area (TPSA) is 42.1 Å². The van der Waals surface area contributed by atoms with Gasteiger partial charge in [-0.3, -0.25) is 9.88 Å². The maximum absolute atomic E-state index is 6.06. The molecule has 3 heteroatoms. The van der Waals surface area contributed by atoms with Gasteiger partial charge in [0.25, 0.3) is 0 Å². The number of hydrogen-bond acceptors (Lipinski definition) is 3. The second kappa shape index (κ2) is 7.99. The molecule has 0 fully saturated rings. The van der Waals surface area contributed by atoms with Crippen molar-refractivity contribution in [2.75, 3.05) is 18.8 Å². The fourth-order valence-electron chi connectivity index (χ4n) is 2.66. The standard InChI is InChI=1S/C18H27N3/c1-3-5-12-21(13-6-4-2)14-15-9-10-17(19)16-8-7-11-20-18(15)16/h7-11H,3-6,12-14,19H2,1-2H3. The van der Waals surface area contributed by atoms with Crippen molar-refractivity contribution < 1.29 is 0 Å². The van der Waals surface area contributed by atoms with Gasteiger partial charge in [0, 0.05) is 23.8 Å². The van der Waals surface area contributed by atoms with Crippen LogP contribution in [0.15, 0.2) is 30.5 Å². The molecule has 2 N–H and O–H groups in total. The van der Waals surface area contributed by atoms with Gasteiger partial charge in [-0.1, -0.05) is 32.8 Å². The van der Waals surface area contributed by atoms with Crippen LogP contribution in [0.1, 0.15) is 45.1 Å². The van der Waals surface area contributed by atoms with Crippen molar-refractivity contribution >= 4 is 16.6 Å². The molecule has 0 saturated heterocycles. The van der Waals surface area contributed by atoms with Gasteiger partial charge in [0.15, 0.2) is 0 Å². The average molecular weight is 285 g/mol. The third-order valence-corrected chi connectivity index (χ3v) is 3.94. The quantitative estimate of drug-likeness (QED) is 0.738. The average Bonchev–Trinajstić information content (AvgIpc) is 2.52. The lowest BCUT2D eigenvalue weighted by molar-refractivity contribution is 0.258. The second-order valence-corrected chi connectivity index (χ2v) is 5.70. The molecule has 2 aromatic rings. The smallest absolute Gasteiger partial charge is 0.0767 e. The summed E-state index contributed by atoms with van der Waals surface area (Å²) in [5.41, 5.74) is 9.21. The lowest BCUT2D eigenvalue weighted by Gasteiger charge is -2.22. The number of nitrogen functional groups attached to an aromatic ring is 1. The fourth-order valence-corrected chi connectivity index (χ4v) is 2.66. The maximum atomic E-state index is 6.06. The number of benzene rings is 1. The van der Waals surface area contributed by atoms with Gasteiger partial charge in [-0.05, 0) is 49.7 Å². The molecular weight excluding hydrogens is 258 g/mol. The van der Waals surface area contributed by atoms with E-state index in [0.29, 0.717) is 0 Å². The molecule has 114 valence electrons. The fraction of sp³-hybridized carbons (Fsp3) is 0.500. The van der Waals surface area contributed by atoms with Gasteiger partial charge in [-0.2, -0.15) is 0 Å². The molecule has 3 nitrogen and oxygen atoms in total. The first kappa shape index (κ1) is 15.8. The van der Waals surface area contributed by atoms with E-state index in [9.17, 15) is 0 Å². The van der Waals surface area contributed by atoms with Crippen molar-refractivity contribution in [1.82, 2.24) is 9.88 Å². The van der Waals surface area contributed by atoms with E-state index >= 15 is 0 Å². The maximum Gasteiger partial charge on any atom is 0.0767 e. The molecule has 0 bridgehead atoms. The summed E-state index contributed by atoms with van der Waals surface area (Å²) in [5.74, 6) is 0. The zero-order valence-corrected chi connectivity index (χ0v) is 13.3. The number of unbranched alkanes of at least 4 members (excludes halogenated alkanes) is 2. The van der Waals surface area contributed by atoms with E-state index in [1.54, 1.807) is 0 Å². The Labute approximate surface area is 128 Å². The van der Waals surface area contributed by atoms with Gasteiger partial charge < -0.3 is 5.73 Å². The predicted molar refractivity (Wildman–Crippen MR) is 91.2 cm³/mol. The Bertz CT molecular complexity index is 557. The van der Waals surface area contributed by atoms with Crippen LogP contribution in [-0.2, 0) is 6.54 Å². The summed E-state index contributed by atoms with van der Waals surface area (Å²) in [7, 11) is 0. The van der Waals surface area contributed by atoms with Crippen molar-refractivity contribution in [3.05, 3.63) is 36.0 Å². The lowest BCUT2D eigenvalue weighted by atomic mass is 10.1. The van der Waals surface area contributed by atoms with Crippen LogP contribution in [0, 0.1) is 0 Å². The number of pyridine rings is 1. The largest absolute Gasteiger partial charge is 0.398 e. The molecular formula is C18H27N3. The number of nitrogens with zero attached hydrogens (tertiary/aromatic N) is 2. The van der Waals surface area contributed by atoms with Crippen LogP contribution in [0.2, 0.25) is 0 Å². The SMILES string of the molecule is CCCCN(CCCC)Cc1ccc(N)c2cccnc12. The number of nitrogens with two attached hydrogens (primary N) is 1. The zero-order valence-electron chi connectivity index (χ0n) is 13.3. The molecule has 2 rings (SSSR count). The molecule has 0 aliphatic heterocycles. The number of anilines is 1. The summed E-state index contributed by atoms with van der Waals surface area (Å²) in [5, 5.41) is 1.07. The van der Waals surface area contributed by atoms with Gasteiger partial charge in [-0.25, -0.2) is 0 Å². The van der Waals surface area contributed by atoms with Crippen molar-refractivity contribution in [2.24, 2.45) is 0 Å². The van der Waals surface area contributed by atoms with Crippen molar-refractivity contribution in [3.63, 3.8) is 0 Å². The van der Waals surface area contributed by atoms with Gasteiger partial charge in [0.05, 0.1) is 5.52 Å². The molecule has 1 aromatic heterocycles. The van der Waals surface area contributed by atoms with Crippen LogP contribution in [-0.4, -0.2) is 23.0 Å². The van der Waals surface area contributed by atoms with Gasteiger partial charge in [-0.15, -0.1) is 0 Å². The Hall–Kier alpha value is -1.61. The summed E-state index contributed by atoms with van der Waals surface area (Å²) in [6, 6.07) is 8.16. The summed E-state index contributed by atoms with van der Waals surface area (Å²) < 4.78 is 0. The molecule has 1 heterocycles. The second-order valence-electron chi connectivity index (χ2n) is 5.70. The van der Waals surface area contributed by atoms with Crippen LogP contribution in [0.4, 0.5) is 5.69 Å². The normalized spacial score (nSPS) is 11.4. The van der Waals surface area contributed by atoms with Crippen LogP contribution < -0.4 is 5.73 Å². The number of aromatic nitrogens is 1. The van der Waals surface area contributed by atoms with Crippen LogP contribution in [0.25, 0.3) is 10.9 Å². The molecule has 0 unspecified atom stereocenters. The van der Waals surface area contributed by atoms with E-state index in [-0.39, 0.29) is 0 Å². The van der Waals surface area contributed by atoms with E-state index in [2.05, 4.69) is 35.9 Å². The molecule has 0 saturated carbocycles. The Kier molecular flexibility index (Phi) is 6.00. The summed E-state index contributed by atoms with van der Waals surface area (Å²) >= 11 is 0. The number of hydrogen-bond donors (Lipinski definition) is 1. The summed E-state index contributed by atoms with van der Waals surface area (Å²) in [6.07, 6.45) is 6.84.